The summed E-state index contributed by atoms with van der Waals surface area (Å²) in [7, 11) is 2.05. The zero-order valence-corrected chi connectivity index (χ0v) is 24.5. The fourth-order valence-corrected chi connectivity index (χ4v) is 6.80. The number of hydrogen-bond acceptors (Lipinski definition) is 7. The van der Waals surface area contributed by atoms with Gasteiger partial charge in [-0.15, -0.1) is 0 Å². The smallest absolute Gasteiger partial charge is 0.422 e. The van der Waals surface area contributed by atoms with Gasteiger partial charge in [-0.1, -0.05) is 18.2 Å². The number of amides is 1. The van der Waals surface area contributed by atoms with Gasteiger partial charge in [-0.2, -0.15) is 0 Å². The lowest BCUT2D eigenvalue weighted by atomic mass is 9.79. The molecule has 3 heterocycles. The molecule has 2 aromatic rings. The third-order valence-electron chi connectivity index (χ3n) is 8.17. The van der Waals surface area contributed by atoms with E-state index < -0.39 is 12.4 Å². The summed E-state index contributed by atoms with van der Waals surface area (Å²) in [6.45, 7) is 8.63. The zero-order valence-electron chi connectivity index (χ0n) is 22.9. The number of benzene rings is 1. The van der Waals surface area contributed by atoms with Gasteiger partial charge in [0.2, 0.25) is 12.2 Å². The number of hydrogen-bond donors (Lipinski definition) is 0. The topological polar surface area (TPSA) is 90.3 Å². The lowest BCUT2D eigenvalue weighted by molar-refractivity contribution is -0.172. The SMILES string of the molecule is CCN(CC)C(=O)C1C=C2c3cccc4c3c(c(Br)n4C(=O)OC(C)OC(=O)C3CCOCC3)CC2N(C)C1. The minimum Gasteiger partial charge on any atom is -0.425 e. The van der Waals surface area contributed by atoms with Gasteiger partial charge in [0.1, 0.15) is 0 Å². The monoisotopic (exact) mass is 601 g/mol. The minimum atomic E-state index is -1.03. The Morgan fingerprint density at radius 3 is 2.56 bits per heavy atom. The summed E-state index contributed by atoms with van der Waals surface area (Å²) in [6, 6.07) is 5.96. The lowest BCUT2D eigenvalue weighted by Gasteiger charge is -2.40. The predicted octanol–water partition coefficient (Wildman–Crippen LogP) is 4.44. The molecule has 10 heteroatoms. The van der Waals surface area contributed by atoms with Crippen molar-refractivity contribution in [1.29, 1.82) is 0 Å². The Bertz CT molecular complexity index is 1310. The van der Waals surface area contributed by atoms with Crippen molar-refractivity contribution in [1.82, 2.24) is 14.4 Å². The molecule has 39 heavy (non-hydrogen) atoms. The molecule has 9 nitrogen and oxygen atoms in total. The Labute approximate surface area is 237 Å². The molecular formula is C29H36BrN3O6. The first-order chi connectivity index (χ1) is 18.7. The molecule has 1 fully saturated rings. The molecule has 1 amide bonds. The van der Waals surface area contributed by atoms with Crippen LogP contribution in [0.3, 0.4) is 0 Å². The largest absolute Gasteiger partial charge is 0.425 e. The number of aromatic nitrogens is 1. The maximum absolute atomic E-state index is 13.4. The normalized spacial score (nSPS) is 22.1. The second-order valence-corrected chi connectivity index (χ2v) is 11.2. The van der Waals surface area contributed by atoms with E-state index in [2.05, 4.69) is 40.0 Å². The molecule has 0 N–H and O–H groups in total. The zero-order chi connectivity index (χ0) is 27.8. The molecule has 3 atom stereocenters. The van der Waals surface area contributed by atoms with E-state index in [1.807, 2.05) is 30.9 Å². The van der Waals surface area contributed by atoms with Crippen LogP contribution in [0, 0.1) is 11.8 Å². The number of esters is 1. The molecule has 1 aliphatic carbocycles. The summed E-state index contributed by atoms with van der Waals surface area (Å²) >= 11 is 3.68. The van der Waals surface area contributed by atoms with Crippen LogP contribution in [0.25, 0.3) is 16.5 Å². The van der Waals surface area contributed by atoms with Gasteiger partial charge < -0.3 is 19.1 Å². The third-order valence-corrected chi connectivity index (χ3v) is 9.01. The standard InChI is InChI=1S/C29H36BrN3O6/c1-5-32(6-2)27(34)19-14-21-20-8-7-9-23-25(20)22(15-24(21)31(4)16-19)26(30)33(23)29(36)39-17(3)38-28(35)18-10-12-37-13-11-18/h7-9,14,17-19,24H,5-6,10-13,15-16H2,1-4H3. The number of halogens is 1. The minimum absolute atomic E-state index is 0.0892. The Kier molecular flexibility index (Phi) is 8.16. The number of carbonyl (C=O) groups is 3. The van der Waals surface area contributed by atoms with E-state index in [1.54, 1.807) is 6.92 Å². The highest BCUT2D eigenvalue weighted by molar-refractivity contribution is 9.10. The van der Waals surface area contributed by atoms with Gasteiger partial charge in [-0.3, -0.25) is 14.5 Å². The van der Waals surface area contributed by atoms with Crippen LogP contribution in [0.15, 0.2) is 28.9 Å². The second kappa shape index (κ2) is 11.4. The van der Waals surface area contributed by atoms with Crippen LogP contribution in [-0.2, 0) is 30.2 Å². The van der Waals surface area contributed by atoms with E-state index in [9.17, 15) is 14.4 Å². The van der Waals surface area contributed by atoms with Crippen molar-refractivity contribution in [3.63, 3.8) is 0 Å². The number of carbonyl (C=O) groups excluding carboxylic acids is 3. The number of nitrogens with zero attached hydrogens (tertiary/aromatic N) is 3. The van der Waals surface area contributed by atoms with Gasteiger partial charge in [0.25, 0.3) is 0 Å². The Balaban J connectivity index is 1.44. The van der Waals surface area contributed by atoms with E-state index in [-0.39, 0.29) is 29.8 Å². The Morgan fingerprint density at radius 1 is 1.15 bits per heavy atom. The number of rotatable bonds is 6. The molecule has 5 rings (SSSR count). The van der Waals surface area contributed by atoms with Crippen LogP contribution in [-0.4, -0.2) is 84.6 Å². The van der Waals surface area contributed by atoms with Gasteiger partial charge in [0, 0.05) is 51.2 Å². The molecule has 0 bridgehead atoms. The van der Waals surface area contributed by atoms with Crippen molar-refractivity contribution >= 4 is 50.4 Å². The summed E-state index contributed by atoms with van der Waals surface area (Å²) in [5.74, 6) is -0.695. The first kappa shape index (κ1) is 27.9. The fraction of sp³-hybridized carbons (Fsp3) is 0.552. The van der Waals surface area contributed by atoms with Crippen LogP contribution in [0.5, 0.6) is 0 Å². The molecule has 210 valence electrons. The molecule has 1 saturated heterocycles. The van der Waals surface area contributed by atoms with Gasteiger partial charge >= 0.3 is 12.1 Å². The number of likely N-dealkylation sites (N-methyl/N-ethyl adjacent to an activating group) is 1. The van der Waals surface area contributed by atoms with E-state index >= 15 is 0 Å². The van der Waals surface area contributed by atoms with Crippen LogP contribution in [0.4, 0.5) is 4.79 Å². The van der Waals surface area contributed by atoms with Gasteiger partial charge in [0.15, 0.2) is 0 Å². The highest BCUT2D eigenvalue weighted by atomic mass is 79.9. The molecule has 3 aliphatic rings. The van der Waals surface area contributed by atoms with Crippen LogP contribution in [0.1, 0.15) is 44.7 Å². The highest BCUT2D eigenvalue weighted by Crippen LogP contribution is 2.45. The second-order valence-electron chi connectivity index (χ2n) is 10.5. The first-order valence-corrected chi connectivity index (χ1v) is 14.6. The van der Waals surface area contributed by atoms with Crippen LogP contribution in [0.2, 0.25) is 0 Å². The van der Waals surface area contributed by atoms with E-state index in [0.29, 0.717) is 62.2 Å². The van der Waals surface area contributed by atoms with Gasteiger partial charge in [0.05, 0.1) is 22.0 Å². The maximum atomic E-state index is 13.4. The average molecular weight is 603 g/mol. The van der Waals surface area contributed by atoms with Crippen molar-refractivity contribution in [2.45, 2.75) is 52.4 Å². The Hall–Kier alpha value is -2.69. The molecule has 1 aromatic carbocycles. The quantitative estimate of drug-likeness (QED) is 0.357. The summed E-state index contributed by atoms with van der Waals surface area (Å²) in [4.78, 5) is 43.3. The molecule has 2 aliphatic heterocycles. The molecular weight excluding hydrogens is 566 g/mol. The van der Waals surface area contributed by atoms with Crippen molar-refractivity contribution in [2.75, 3.05) is 39.9 Å². The molecule has 0 saturated carbocycles. The number of ether oxygens (including phenoxy) is 3. The van der Waals surface area contributed by atoms with Crippen molar-refractivity contribution in [3.05, 3.63) is 40.0 Å². The summed E-state index contributed by atoms with van der Waals surface area (Å²) in [6.07, 6.45) is 2.38. The summed E-state index contributed by atoms with van der Waals surface area (Å²) in [5, 5.41) is 0.972. The van der Waals surface area contributed by atoms with Crippen molar-refractivity contribution < 1.29 is 28.6 Å². The van der Waals surface area contributed by atoms with E-state index in [1.165, 1.54) is 4.57 Å². The molecule has 3 unspecified atom stereocenters. The maximum Gasteiger partial charge on any atom is 0.422 e. The fourth-order valence-electron chi connectivity index (χ4n) is 6.11. The molecule has 0 radical (unpaired) electrons. The molecule has 0 spiro atoms. The Morgan fingerprint density at radius 2 is 1.87 bits per heavy atom. The van der Waals surface area contributed by atoms with E-state index in [0.717, 1.165) is 22.1 Å². The molecule has 1 aromatic heterocycles. The van der Waals surface area contributed by atoms with E-state index in [4.69, 9.17) is 14.2 Å². The van der Waals surface area contributed by atoms with Crippen LogP contribution >= 0.6 is 15.9 Å². The first-order valence-electron chi connectivity index (χ1n) is 13.8. The average Bonchev–Trinajstić information content (AvgIpc) is 3.22. The van der Waals surface area contributed by atoms with Crippen LogP contribution < -0.4 is 0 Å². The number of fused-ring (bicyclic) bond motifs is 2. The summed E-state index contributed by atoms with van der Waals surface area (Å²) < 4.78 is 18.5. The van der Waals surface area contributed by atoms with Gasteiger partial charge in [-0.25, -0.2) is 9.36 Å². The summed E-state index contributed by atoms with van der Waals surface area (Å²) in [5.41, 5.74) is 3.87. The van der Waals surface area contributed by atoms with Gasteiger partial charge in [-0.05, 0) is 78.9 Å². The predicted molar refractivity (Wildman–Crippen MR) is 150 cm³/mol. The van der Waals surface area contributed by atoms with Crippen molar-refractivity contribution in [2.24, 2.45) is 11.8 Å². The third kappa shape index (κ3) is 5.14. The highest BCUT2D eigenvalue weighted by Gasteiger charge is 2.39. The van der Waals surface area contributed by atoms with Crippen molar-refractivity contribution in [3.8, 4) is 0 Å². The lowest BCUT2D eigenvalue weighted by Crippen LogP contribution is -2.47.